The van der Waals surface area contributed by atoms with E-state index in [2.05, 4.69) is 48.2 Å². The molecule has 1 saturated heterocycles. The van der Waals surface area contributed by atoms with Gasteiger partial charge in [-0.05, 0) is 56.1 Å². The second-order valence-electron chi connectivity index (χ2n) is 6.21. The maximum atomic E-state index is 5.96. The topological polar surface area (TPSA) is 12.5 Å². The van der Waals surface area contributed by atoms with Crippen molar-refractivity contribution in [3.8, 4) is 5.75 Å². The summed E-state index contributed by atoms with van der Waals surface area (Å²) in [6.45, 7) is 6.25. The van der Waals surface area contributed by atoms with Crippen LogP contribution in [0.3, 0.4) is 0 Å². The Balaban J connectivity index is 1.64. The van der Waals surface area contributed by atoms with E-state index in [1.54, 1.807) is 0 Å². The Bertz CT molecular complexity index is 585. The van der Waals surface area contributed by atoms with Crippen LogP contribution in [0.25, 0.3) is 0 Å². The normalized spacial score (nSPS) is 15.7. The molecule has 0 N–H and O–H groups in total. The van der Waals surface area contributed by atoms with Crippen molar-refractivity contribution in [2.75, 3.05) is 13.1 Å². The standard InChI is InChI=1S/C20H25NO/c1-17-9-11-20(12-10-17)22-16-19-8-4-3-7-18(19)15-21-13-5-2-6-14-21/h3-4,7-12H,2,5-6,13-16H2,1H3. The molecule has 0 aromatic heterocycles. The summed E-state index contributed by atoms with van der Waals surface area (Å²) in [7, 11) is 0. The average molecular weight is 295 g/mol. The lowest BCUT2D eigenvalue weighted by atomic mass is 10.1. The molecular formula is C20H25NO. The van der Waals surface area contributed by atoms with Gasteiger partial charge < -0.3 is 4.74 Å². The number of aryl methyl sites for hydroxylation is 1. The second kappa shape index (κ2) is 7.46. The number of ether oxygens (including phenoxy) is 1. The molecule has 1 heterocycles. The van der Waals surface area contributed by atoms with E-state index in [1.807, 2.05) is 12.1 Å². The highest BCUT2D eigenvalue weighted by Crippen LogP contribution is 2.19. The van der Waals surface area contributed by atoms with E-state index in [1.165, 1.54) is 49.0 Å². The number of benzene rings is 2. The van der Waals surface area contributed by atoms with Gasteiger partial charge >= 0.3 is 0 Å². The second-order valence-corrected chi connectivity index (χ2v) is 6.21. The molecule has 3 rings (SSSR count). The van der Waals surface area contributed by atoms with Gasteiger partial charge in [0.2, 0.25) is 0 Å². The minimum atomic E-state index is 0.646. The molecule has 2 aromatic rings. The smallest absolute Gasteiger partial charge is 0.119 e. The number of piperidine rings is 1. The quantitative estimate of drug-likeness (QED) is 0.801. The van der Waals surface area contributed by atoms with Crippen molar-refractivity contribution < 1.29 is 4.74 Å². The zero-order valence-corrected chi connectivity index (χ0v) is 13.4. The summed E-state index contributed by atoms with van der Waals surface area (Å²) in [5, 5.41) is 0. The van der Waals surface area contributed by atoms with E-state index in [4.69, 9.17) is 4.74 Å². The first-order valence-electron chi connectivity index (χ1n) is 8.30. The van der Waals surface area contributed by atoms with Crippen molar-refractivity contribution in [3.05, 3.63) is 65.2 Å². The van der Waals surface area contributed by atoms with Gasteiger partial charge in [0, 0.05) is 6.54 Å². The number of hydrogen-bond donors (Lipinski definition) is 0. The highest BCUT2D eigenvalue weighted by molar-refractivity contribution is 5.29. The van der Waals surface area contributed by atoms with Crippen LogP contribution in [0.5, 0.6) is 5.75 Å². The Labute approximate surface area is 133 Å². The van der Waals surface area contributed by atoms with Crippen LogP contribution in [0.2, 0.25) is 0 Å². The van der Waals surface area contributed by atoms with Gasteiger partial charge in [-0.3, -0.25) is 4.90 Å². The first-order chi connectivity index (χ1) is 10.8. The third-order valence-electron chi connectivity index (χ3n) is 4.38. The zero-order chi connectivity index (χ0) is 15.2. The van der Waals surface area contributed by atoms with Crippen LogP contribution in [0.4, 0.5) is 0 Å². The molecule has 0 bridgehead atoms. The van der Waals surface area contributed by atoms with Gasteiger partial charge in [0.15, 0.2) is 0 Å². The monoisotopic (exact) mass is 295 g/mol. The van der Waals surface area contributed by atoms with Crippen LogP contribution in [0.1, 0.15) is 36.0 Å². The largest absolute Gasteiger partial charge is 0.489 e. The van der Waals surface area contributed by atoms with Crippen molar-refractivity contribution in [1.29, 1.82) is 0 Å². The zero-order valence-electron chi connectivity index (χ0n) is 13.4. The fourth-order valence-corrected chi connectivity index (χ4v) is 3.01. The van der Waals surface area contributed by atoms with Crippen LogP contribution >= 0.6 is 0 Å². The van der Waals surface area contributed by atoms with Gasteiger partial charge in [0.25, 0.3) is 0 Å². The predicted octanol–water partition coefficient (Wildman–Crippen LogP) is 4.56. The summed E-state index contributed by atoms with van der Waals surface area (Å²) < 4.78 is 5.96. The summed E-state index contributed by atoms with van der Waals surface area (Å²) >= 11 is 0. The van der Waals surface area contributed by atoms with E-state index in [9.17, 15) is 0 Å². The molecule has 0 atom stereocenters. The summed E-state index contributed by atoms with van der Waals surface area (Å²) in [6.07, 6.45) is 4.05. The number of nitrogens with zero attached hydrogens (tertiary/aromatic N) is 1. The average Bonchev–Trinajstić information content (AvgIpc) is 2.56. The Hall–Kier alpha value is -1.80. The molecule has 0 saturated carbocycles. The molecule has 0 spiro atoms. The highest BCUT2D eigenvalue weighted by atomic mass is 16.5. The lowest BCUT2D eigenvalue weighted by Gasteiger charge is -2.27. The van der Waals surface area contributed by atoms with E-state index >= 15 is 0 Å². The van der Waals surface area contributed by atoms with E-state index < -0.39 is 0 Å². The maximum Gasteiger partial charge on any atom is 0.119 e. The van der Waals surface area contributed by atoms with Crippen LogP contribution in [-0.2, 0) is 13.2 Å². The molecule has 1 fully saturated rings. The number of likely N-dealkylation sites (tertiary alicyclic amines) is 1. The first-order valence-corrected chi connectivity index (χ1v) is 8.30. The van der Waals surface area contributed by atoms with Gasteiger partial charge in [-0.2, -0.15) is 0 Å². The van der Waals surface area contributed by atoms with E-state index in [-0.39, 0.29) is 0 Å². The van der Waals surface area contributed by atoms with Gasteiger partial charge in [-0.25, -0.2) is 0 Å². The minimum absolute atomic E-state index is 0.646. The van der Waals surface area contributed by atoms with Crippen molar-refractivity contribution in [2.45, 2.75) is 39.3 Å². The highest BCUT2D eigenvalue weighted by Gasteiger charge is 2.12. The molecule has 1 aliphatic heterocycles. The Morgan fingerprint density at radius 3 is 2.27 bits per heavy atom. The van der Waals surface area contributed by atoms with E-state index in [0.717, 1.165) is 12.3 Å². The summed E-state index contributed by atoms with van der Waals surface area (Å²) in [6, 6.07) is 16.9. The van der Waals surface area contributed by atoms with Gasteiger partial charge in [-0.15, -0.1) is 0 Å². The molecule has 0 aliphatic carbocycles. The van der Waals surface area contributed by atoms with Crippen LogP contribution in [0.15, 0.2) is 48.5 Å². The van der Waals surface area contributed by atoms with Crippen LogP contribution in [-0.4, -0.2) is 18.0 Å². The predicted molar refractivity (Wildman–Crippen MR) is 91.1 cm³/mol. The van der Waals surface area contributed by atoms with Gasteiger partial charge in [0.05, 0.1) is 0 Å². The third kappa shape index (κ3) is 4.11. The molecule has 0 unspecified atom stereocenters. The van der Waals surface area contributed by atoms with Crippen LogP contribution < -0.4 is 4.74 Å². The maximum absolute atomic E-state index is 5.96. The number of rotatable bonds is 5. The lowest BCUT2D eigenvalue weighted by molar-refractivity contribution is 0.218. The molecule has 22 heavy (non-hydrogen) atoms. The number of hydrogen-bond acceptors (Lipinski definition) is 2. The van der Waals surface area contributed by atoms with Crippen molar-refractivity contribution in [1.82, 2.24) is 4.90 Å². The molecule has 2 heteroatoms. The fourth-order valence-electron chi connectivity index (χ4n) is 3.01. The Morgan fingerprint density at radius 1 is 0.864 bits per heavy atom. The van der Waals surface area contributed by atoms with Crippen LogP contribution in [0, 0.1) is 6.92 Å². The first kappa shape index (κ1) is 15.1. The van der Waals surface area contributed by atoms with Gasteiger partial charge in [0.1, 0.15) is 12.4 Å². The summed E-state index contributed by atoms with van der Waals surface area (Å²) in [5.74, 6) is 0.943. The lowest BCUT2D eigenvalue weighted by Crippen LogP contribution is -2.29. The molecular weight excluding hydrogens is 270 g/mol. The third-order valence-corrected chi connectivity index (χ3v) is 4.38. The van der Waals surface area contributed by atoms with Crippen molar-refractivity contribution in [2.24, 2.45) is 0 Å². The molecule has 116 valence electrons. The van der Waals surface area contributed by atoms with Crippen molar-refractivity contribution >= 4 is 0 Å². The summed E-state index contributed by atoms with van der Waals surface area (Å²) in [5.41, 5.74) is 3.96. The van der Waals surface area contributed by atoms with E-state index in [0.29, 0.717) is 6.61 Å². The van der Waals surface area contributed by atoms with Crippen molar-refractivity contribution in [3.63, 3.8) is 0 Å². The molecule has 2 aromatic carbocycles. The molecule has 0 amide bonds. The molecule has 2 nitrogen and oxygen atoms in total. The Kier molecular flexibility index (Phi) is 5.12. The Morgan fingerprint density at radius 2 is 1.55 bits per heavy atom. The fraction of sp³-hybridized carbons (Fsp3) is 0.400. The van der Waals surface area contributed by atoms with Gasteiger partial charge in [-0.1, -0.05) is 48.4 Å². The minimum Gasteiger partial charge on any atom is -0.489 e. The summed E-state index contributed by atoms with van der Waals surface area (Å²) in [4.78, 5) is 2.56. The molecule has 0 radical (unpaired) electrons. The SMILES string of the molecule is Cc1ccc(OCc2ccccc2CN2CCCCC2)cc1. The molecule has 1 aliphatic rings.